The molecule has 0 aromatic carbocycles. The second-order valence-electron chi connectivity index (χ2n) is 8.44. The molecule has 0 bridgehead atoms. The van der Waals surface area contributed by atoms with E-state index in [4.69, 9.17) is 0 Å². The minimum absolute atomic E-state index is 0.0117. The van der Waals surface area contributed by atoms with E-state index in [9.17, 15) is 27.3 Å². The van der Waals surface area contributed by atoms with Crippen LogP contribution in [0.4, 0.5) is 17.6 Å². The molecule has 4 unspecified atom stereocenters. The van der Waals surface area contributed by atoms with Crippen molar-refractivity contribution in [3.8, 4) is 0 Å². The topological polar surface area (TPSA) is 64.5 Å². The predicted molar refractivity (Wildman–Crippen MR) is 98.3 cm³/mol. The summed E-state index contributed by atoms with van der Waals surface area (Å²) in [6, 6.07) is -1.11. The first-order valence-corrected chi connectivity index (χ1v) is 10.3. The number of carbonyl (C=O) groups excluding carboxylic acids is 1. The second-order valence-corrected chi connectivity index (χ2v) is 8.44. The number of hydrogen-bond acceptors (Lipinski definition) is 3. The molecular formula is C19H29F4N4O2+. The van der Waals surface area contributed by atoms with Crippen molar-refractivity contribution in [1.82, 2.24) is 15.6 Å². The van der Waals surface area contributed by atoms with Crippen LogP contribution in [0.1, 0.15) is 44.9 Å². The summed E-state index contributed by atoms with van der Waals surface area (Å²) in [7, 11) is 0. The lowest BCUT2D eigenvalue weighted by Crippen LogP contribution is -2.57. The zero-order chi connectivity index (χ0) is 21.2. The number of piperidine rings is 1. The van der Waals surface area contributed by atoms with Gasteiger partial charge in [0.2, 0.25) is 11.8 Å². The molecule has 0 aromatic heterocycles. The average Bonchev–Trinajstić information content (AvgIpc) is 3.07. The maximum atomic E-state index is 13.6. The number of carbonyl (C=O) groups is 1. The number of halogens is 4. The van der Waals surface area contributed by atoms with Gasteiger partial charge in [-0.05, 0) is 43.6 Å². The fourth-order valence-electron chi connectivity index (χ4n) is 5.05. The zero-order valence-electron chi connectivity index (χ0n) is 16.3. The molecule has 164 valence electrons. The average molecular weight is 421 g/mol. The SMILES string of the molecule is C=CC(=O)NCC1CC(C2CCC(F)(F)CC2)CC(C2CCN(C(F)F)[N+]2=O)N1. The molecule has 2 heterocycles. The monoisotopic (exact) mass is 421 g/mol. The van der Waals surface area contributed by atoms with E-state index in [1.807, 2.05) is 0 Å². The minimum atomic E-state index is -2.85. The Morgan fingerprint density at radius 1 is 1.24 bits per heavy atom. The van der Waals surface area contributed by atoms with Crippen LogP contribution in [0.25, 0.3) is 0 Å². The van der Waals surface area contributed by atoms with Crippen molar-refractivity contribution >= 4 is 5.91 Å². The molecule has 0 spiro atoms. The van der Waals surface area contributed by atoms with Gasteiger partial charge >= 0.3 is 6.55 Å². The molecule has 10 heteroatoms. The van der Waals surface area contributed by atoms with Crippen LogP contribution in [-0.2, 0) is 4.79 Å². The zero-order valence-corrected chi connectivity index (χ0v) is 16.3. The first kappa shape index (κ1) is 22.0. The van der Waals surface area contributed by atoms with Crippen LogP contribution in [0.2, 0.25) is 0 Å². The summed E-state index contributed by atoms with van der Waals surface area (Å²) < 4.78 is 53.2. The largest absolute Gasteiger partial charge is 0.362 e. The van der Waals surface area contributed by atoms with Gasteiger partial charge in [-0.3, -0.25) is 4.79 Å². The molecule has 1 aliphatic carbocycles. The third-order valence-corrected chi connectivity index (χ3v) is 6.61. The van der Waals surface area contributed by atoms with Crippen LogP contribution < -0.4 is 10.6 Å². The maximum absolute atomic E-state index is 13.6. The van der Waals surface area contributed by atoms with Crippen LogP contribution in [0.15, 0.2) is 12.7 Å². The molecular weight excluding hydrogens is 392 g/mol. The summed E-state index contributed by atoms with van der Waals surface area (Å²) >= 11 is 0. The van der Waals surface area contributed by atoms with E-state index in [2.05, 4.69) is 17.2 Å². The normalized spacial score (nSPS) is 33.1. The summed E-state index contributed by atoms with van der Waals surface area (Å²) in [6.45, 7) is 0.863. The summed E-state index contributed by atoms with van der Waals surface area (Å²) in [5.41, 5.74) is 0. The van der Waals surface area contributed by atoms with Gasteiger partial charge in [-0.25, -0.2) is 8.78 Å². The van der Waals surface area contributed by atoms with Crippen LogP contribution in [0.3, 0.4) is 0 Å². The van der Waals surface area contributed by atoms with Crippen molar-refractivity contribution in [2.75, 3.05) is 13.1 Å². The fourth-order valence-corrected chi connectivity index (χ4v) is 5.05. The molecule has 1 amide bonds. The predicted octanol–water partition coefficient (Wildman–Crippen LogP) is 2.84. The first-order valence-electron chi connectivity index (χ1n) is 10.3. The highest BCUT2D eigenvalue weighted by molar-refractivity contribution is 5.86. The van der Waals surface area contributed by atoms with Gasteiger partial charge in [-0.15, -0.1) is 0 Å². The van der Waals surface area contributed by atoms with Crippen molar-refractivity contribution < 1.29 is 27.2 Å². The van der Waals surface area contributed by atoms with E-state index in [1.54, 1.807) is 0 Å². The number of nitrogens with zero attached hydrogens (tertiary/aromatic N) is 2. The smallest absolute Gasteiger partial charge is 0.351 e. The molecule has 0 radical (unpaired) electrons. The Balaban J connectivity index is 1.69. The van der Waals surface area contributed by atoms with Crippen molar-refractivity contribution in [3.63, 3.8) is 0 Å². The lowest BCUT2D eigenvalue weighted by molar-refractivity contribution is -0.732. The third kappa shape index (κ3) is 5.26. The highest BCUT2D eigenvalue weighted by Crippen LogP contribution is 2.43. The molecule has 2 aliphatic heterocycles. The number of hydrazine groups is 1. The minimum Gasteiger partial charge on any atom is -0.351 e. The van der Waals surface area contributed by atoms with Crippen LogP contribution in [0.5, 0.6) is 0 Å². The first-order chi connectivity index (χ1) is 13.7. The highest BCUT2D eigenvalue weighted by Gasteiger charge is 2.51. The van der Waals surface area contributed by atoms with Crippen LogP contribution in [-0.4, -0.2) is 59.5 Å². The maximum Gasteiger partial charge on any atom is 0.362 e. The number of amides is 1. The van der Waals surface area contributed by atoms with Crippen molar-refractivity contribution in [1.29, 1.82) is 0 Å². The number of alkyl halides is 4. The van der Waals surface area contributed by atoms with Gasteiger partial charge in [0.1, 0.15) is 4.87 Å². The summed E-state index contributed by atoms with van der Waals surface area (Å²) in [6.07, 6.45) is 3.32. The molecule has 3 fully saturated rings. The van der Waals surface area contributed by atoms with E-state index in [0.29, 0.717) is 48.5 Å². The Labute approximate surface area is 167 Å². The fraction of sp³-hybridized carbons (Fsp3) is 0.842. The third-order valence-electron chi connectivity index (χ3n) is 6.61. The molecule has 29 heavy (non-hydrogen) atoms. The van der Waals surface area contributed by atoms with E-state index >= 15 is 0 Å². The quantitative estimate of drug-likeness (QED) is 0.300. The van der Waals surface area contributed by atoms with E-state index in [-0.39, 0.29) is 49.2 Å². The number of nitroso groups, excluding NO2 is 1. The van der Waals surface area contributed by atoms with Crippen molar-refractivity contribution in [2.45, 2.75) is 75.5 Å². The highest BCUT2D eigenvalue weighted by atomic mass is 19.3. The molecule has 4 atom stereocenters. The Bertz CT molecular complexity index is 623. The molecule has 6 nitrogen and oxygen atoms in total. The Morgan fingerprint density at radius 2 is 1.93 bits per heavy atom. The van der Waals surface area contributed by atoms with Gasteiger partial charge in [0.25, 0.3) is 6.04 Å². The van der Waals surface area contributed by atoms with E-state index in [0.717, 1.165) is 6.08 Å². The molecule has 1 saturated carbocycles. The number of nitrogens with one attached hydrogen (secondary N) is 2. The van der Waals surface area contributed by atoms with Crippen molar-refractivity contribution in [2.24, 2.45) is 11.8 Å². The van der Waals surface area contributed by atoms with Crippen LogP contribution >= 0.6 is 0 Å². The molecule has 3 aliphatic rings. The lowest BCUT2D eigenvalue weighted by Gasteiger charge is -2.42. The molecule has 2 N–H and O–H groups in total. The molecule has 2 saturated heterocycles. The van der Waals surface area contributed by atoms with Gasteiger partial charge in [0, 0.05) is 31.8 Å². The summed E-state index contributed by atoms with van der Waals surface area (Å²) in [5, 5.41) is 6.59. The van der Waals surface area contributed by atoms with Gasteiger partial charge < -0.3 is 10.6 Å². The molecule has 0 aromatic rings. The van der Waals surface area contributed by atoms with Crippen molar-refractivity contribution in [3.05, 3.63) is 17.6 Å². The molecule has 3 rings (SSSR count). The summed E-state index contributed by atoms with van der Waals surface area (Å²) in [4.78, 5) is 24.3. The van der Waals surface area contributed by atoms with Gasteiger partial charge in [-0.2, -0.15) is 8.78 Å². The second kappa shape index (κ2) is 8.97. The number of rotatable bonds is 6. The lowest BCUT2D eigenvalue weighted by atomic mass is 9.71. The Hall–Kier alpha value is -1.71. The summed E-state index contributed by atoms with van der Waals surface area (Å²) in [5.74, 6) is -2.71. The van der Waals surface area contributed by atoms with E-state index in [1.165, 1.54) is 0 Å². The van der Waals surface area contributed by atoms with Crippen LogP contribution in [0, 0.1) is 16.7 Å². The Kier molecular flexibility index (Phi) is 6.80. The van der Waals surface area contributed by atoms with E-state index < -0.39 is 18.5 Å². The van der Waals surface area contributed by atoms with Gasteiger partial charge in [-0.1, -0.05) is 11.6 Å². The van der Waals surface area contributed by atoms with Gasteiger partial charge in [0.05, 0.1) is 17.5 Å². The standard InChI is InChI=1S/C19H28F4N4O2/c1-2-17(28)24-11-14-9-13(12-3-6-19(22,23)7-4-12)10-15(25-14)16-5-8-26(18(20)21)27(16)29/h2,12-16,18,25H,1,3-11H2/p+1. The van der Waals surface area contributed by atoms with Gasteiger partial charge in [0.15, 0.2) is 0 Å². The number of hydrogen-bond donors (Lipinski definition) is 2. The Morgan fingerprint density at radius 3 is 2.52 bits per heavy atom.